The molecule has 116 valence electrons. The largest absolute Gasteiger partial charge is 0.448 e. The normalized spacial score (nSPS) is 35.9. The molecule has 4 rings (SSSR count). The van der Waals surface area contributed by atoms with Gasteiger partial charge in [0.2, 0.25) is 0 Å². The molecule has 0 aliphatic carbocycles. The Bertz CT molecular complexity index is 669. The monoisotopic (exact) mass is 299 g/mol. The standard InChI is InChI=1S/C18H23N2O2/c1-13(21)22-18-10-12-20(2)11-6-5-9-16(20)17(18)19-15-8-4-3-7-14(15)18/h3-4,7-8,16H,5-6,9-12H2,1-2H3/q+1/t16-,18-,20?/m1/s1. The van der Waals surface area contributed by atoms with E-state index in [1.165, 1.54) is 26.3 Å². The van der Waals surface area contributed by atoms with E-state index in [0.29, 0.717) is 6.04 Å². The van der Waals surface area contributed by atoms with Gasteiger partial charge in [0.1, 0.15) is 11.8 Å². The first kappa shape index (κ1) is 13.9. The number of piperidine rings is 2. The number of hydrogen-bond donors (Lipinski definition) is 0. The summed E-state index contributed by atoms with van der Waals surface area (Å²) in [5.74, 6) is -0.212. The van der Waals surface area contributed by atoms with Crippen molar-refractivity contribution in [2.75, 3.05) is 20.1 Å². The Hall–Kier alpha value is -1.68. The first-order valence-electron chi connectivity index (χ1n) is 8.28. The topological polar surface area (TPSA) is 38.7 Å². The van der Waals surface area contributed by atoms with Crippen LogP contribution in [0.5, 0.6) is 0 Å². The van der Waals surface area contributed by atoms with Gasteiger partial charge in [-0.15, -0.1) is 0 Å². The van der Waals surface area contributed by atoms with Crippen molar-refractivity contribution in [1.29, 1.82) is 0 Å². The minimum atomic E-state index is -0.609. The third-order valence-electron chi connectivity index (χ3n) is 5.75. The van der Waals surface area contributed by atoms with Crippen LogP contribution < -0.4 is 0 Å². The lowest BCUT2D eigenvalue weighted by Crippen LogP contribution is -2.67. The number of nitrogens with zero attached hydrogens (tertiary/aromatic N) is 2. The van der Waals surface area contributed by atoms with Crippen molar-refractivity contribution in [1.82, 2.24) is 0 Å². The van der Waals surface area contributed by atoms with Crippen LogP contribution in [0.15, 0.2) is 29.3 Å². The van der Waals surface area contributed by atoms with E-state index < -0.39 is 5.60 Å². The van der Waals surface area contributed by atoms with E-state index in [1.54, 1.807) is 0 Å². The van der Waals surface area contributed by atoms with Gasteiger partial charge in [0, 0.05) is 25.3 Å². The zero-order chi connectivity index (χ0) is 15.4. The molecule has 0 saturated carbocycles. The highest BCUT2D eigenvalue weighted by Gasteiger charge is 2.59. The van der Waals surface area contributed by atoms with E-state index in [9.17, 15) is 4.79 Å². The van der Waals surface area contributed by atoms with Crippen molar-refractivity contribution >= 4 is 17.4 Å². The molecule has 0 N–H and O–H groups in total. The van der Waals surface area contributed by atoms with Crippen LogP contribution in [0.4, 0.5) is 5.69 Å². The molecule has 1 unspecified atom stereocenters. The minimum absolute atomic E-state index is 0.212. The van der Waals surface area contributed by atoms with Gasteiger partial charge in [-0.05, 0) is 18.9 Å². The second kappa shape index (κ2) is 4.66. The van der Waals surface area contributed by atoms with Crippen molar-refractivity contribution in [3.63, 3.8) is 0 Å². The van der Waals surface area contributed by atoms with E-state index in [1.807, 2.05) is 18.2 Å². The number of hydrogen-bond acceptors (Lipinski definition) is 3. The average molecular weight is 299 g/mol. The molecule has 2 saturated heterocycles. The number of aliphatic imine (C=N–C) groups is 1. The third-order valence-corrected chi connectivity index (χ3v) is 5.75. The number of carbonyl (C=O) groups is 1. The van der Waals surface area contributed by atoms with Gasteiger partial charge in [0.05, 0.1) is 25.8 Å². The van der Waals surface area contributed by atoms with Gasteiger partial charge in [0.15, 0.2) is 5.60 Å². The predicted molar refractivity (Wildman–Crippen MR) is 85.2 cm³/mol. The van der Waals surface area contributed by atoms with Gasteiger partial charge in [0.25, 0.3) is 0 Å². The van der Waals surface area contributed by atoms with Crippen LogP contribution >= 0.6 is 0 Å². The summed E-state index contributed by atoms with van der Waals surface area (Å²) in [5.41, 5.74) is 2.55. The van der Waals surface area contributed by atoms with Crippen molar-refractivity contribution in [2.24, 2.45) is 4.99 Å². The molecule has 1 aromatic rings. The van der Waals surface area contributed by atoms with Crippen LogP contribution in [0.25, 0.3) is 0 Å². The highest BCUT2D eigenvalue weighted by molar-refractivity contribution is 6.04. The number of benzene rings is 1. The number of esters is 1. The lowest BCUT2D eigenvalue weighted by atomic mass is 9.76. The Labute approximate surface area is 131 Å². The molecular formula is C18H23N2O2+. The van der Waals surface area contributed by atoms with Gasteiger partial charge in [-0.25, -0.2) is 4.99 Å². The molecule has 4 nitrogen and oxygen atoms in total. The van der Waals surface area contributed by atoms with Gasteiger partial charge >= 0.3 is 5.97 Å². The molecule has 0 radical (unpaired) electrons. The number of quaternary nitrogens is 1. The van der Waals surface area contributed by atoms with Crippen LogP contribution in [0.2, 0.25) is 0 Å². The summed E-state index contributed by atoms with van der Waals surface area (Å²) in [5, 5.41) is 0. The Morgan fingerprint density at radius 2 is 2.14 bits per heavy atom. The molecule has 3 aliphatic rings. The first-order valence-corrected chi connectivity index (χ1v) is 8.28. The molecule has 2 fully saturated rings. The summed E-state index contributed by atoms with van der Waals surface area (Å²) in [6.07, 6.45) is 4.51. The van der Waals surface area contributed by atoms with Gasteiger partial charge in [-0.1, -0.05) is 18.2 Å². The molecular weight excluding hydrogens is 276 g/mol. The molecule has 3 heterocycles. The van der Waals surface area contributed by atoms with Crippen LogP contribution in [-0.2, 0) is 15.1 Å². The summed E-state index contributed by atoms with van der Waals surface area (Å²) >= 11 is 0. The number of para-hydroxylation sites is 1. The molecule has 4 heteroatoms. The Morgan fingerprint density at radius 3 is 2.95 bits per heavy atom. The SMILES string of the molecule is CC(=O)O[C@@]12CC[N+]3(C)CCCC[C@@H]3C1=Nc1ccccc12. The van der Waals surface area contributed by atoms with Crippen LogP contribution in [0.3, 0.4) is 0 Å². The number of ether oxygens (including phenoxy) is 1. The summed E-state index contributed by atoms with van der Waals surface area (Å²) in [6, 6.07) is 8.53. The fourth-order valence-electron chi connectivity index (χ4n) is 4.67. The Balaban J connectivity index is 1.86. The Morgan fingerprint density at radius 1 is 1.32 bits per heavy atom. The highest BCUT2D eigenvalue weighted by atomic mass is 16.6. The minimum Gasteiger partial charge on any atom is -0.448 e. The van der Waals surface area contributed by atoms with Crippen molar-refractivity contribution in [3.8, 4) is 0 Å². The second-order valence-electron chi connectivity index (χ2n) is 7.12. The zero-order valence-corrected chi connectivity index (χ0v) is 13.3. The van der Waals surface area contributed by atoms with Crippen molar-refractivity contribution < 1.29 is 14.0 Å². The second-order valence-corrected chi connectivity index (χ2v) is 7.12. The number of carbonyl (C=O) groups excluding carboxylic acids is 1. The maximum atomic E-state index is 11.8. The van der Waals surface area contributed by atoms with E-state index in [-0.39, 0.29) is 5.97 Å². The summed E-state index contributed by atoms with van der Waals surface area (Å²) in [7, 11) is 2.34. The van der Waals surface area contributed by atoms with Crippen LogP contribution in [0.1, 0.15) is 38.2 Å². The molecule has 0 amide bonds. The number of fused-ring (bicyclic) bond motifs is 5. The highest BCUT2D eigenvalue weighted by Crippen LogP contribution is 2.50. The van der Waals surface area contributed by atoms with Crippen LogP contribution in [-0.4, -0.2) is 42.3 Å². The summed E-state index contributed by atoms with van der Waals surface area (Å²) < 4.78 is 6.99. The van der Waals surface area contributed by atoms with Crippen molar-refractivity contribution in [2.45, 2.75) is 44.2 Å². The fraction of sp³-hybridized carbons (Fsp3) is 0.556. The lowest BCUT2D eigenvalue weighted by Gasteiger charge is -2.52. The smallest absolute Gasteiger partial charge is 0.303 e. The van der Waals surface area contributed by atoms with Crippen LogP contribution in [0, 0.1) is 0 Å². The third kappa shape index (κ3) is 1.80. The molecule has 22 heavy (non-hydrogen) atoms. The van der Waals surface area contributed by atoms with E-state index >= 15 is 0 Å². The Kier molecular flexibility index (Phi) is 2.95. The molecule has 3 atom stereocenters. The van der Waals surface area contributed by atoms with E-state index in [0.717, 1.165) is 40.8 Å². The summed E-state index contributed by atoms with van der Waals surface area (Å²) in [4.78, 5) is 16.8. The predicted octanol–water partition coefficient (Wildman–Crippen LogP) is 2.93. The van der Waals surface area contributed by atoms with E-state index in [4.69, 9.17) is 9.73 Å². The first-order chi connectivity index (χ1) is 10.6. The molecule has 0 bridgehead atoms. The molecule has 0 aromatic heterocycles. The fourth-order valence-corrected chi connectivity index (χ4v) is 4.67. The zero-order valence-electron chi connectivity index (χ0n) is 13.3. The van der Waals surface area contributed by atoms with E-state index in [2.05, 4.69) is 13.1 Å². The quantitative estimate of drug-likeness (QED) is 0.591. The molecule has 3 aliphatic heterocycles. The maximum Gasteiger partial charge on any atom is 0.303 e. The van der Waals surface area contributed by atoms with Gasteiger partial charge in [-0.2, -0.15) is 0 Å². The average Bonchev–Trinajstić information content (AvgIpc) is 2.81. The summed E-state index contributed by atoms with van der Waals surface area (Å²) in [6.45, 7) is 3.76. The van der Waals surface area contributed by atoms with Gasteiger partial charge < -0.3 is 9.22 Å². The lowest BCUT2D eigenvalue weighted by molar-refractivity contribution is -0.932. The molecule has 0 spiro atoms. The van der Waals surface area contributed by atoms with Gasteiger partial charge in [-0.3, -0.25) is 4.79 Å². The number of rotatable bonds is 1. The maximum absolute atomic E-state index is 11.8. The van der Waals surface area contributed by atoms with Crippen molar-refractivity contribution in [3.05, 3.63) is 29.8 Å². The molecule has 1 aromatic carbocycles.